The highest BCUT2D eigenvalue weighted by atomic mass is 15.0. The maximum atomic E-state index is 3.57. The zero-order valence-corrected chi connectivity index (χ0v) is 13.1. The molecule has 0 aliphatic carbocycles. The molecule has 0 amide bonds. The summed E-state index contributed by atoms with van der Waals surface area (Å²) in [6.45, 7) is 10.2. The monoisotopic (exact) mass is 264 g/mol. The average molecular weight is 264 g/mol. The molecule has 2 heteroatoms. The van der Waals surface area contributed by atoms with Crippen LogP contribution in [0.3, 0.4) is 0 Å². The van der Waals surface area contributed by atoms with E-state index in [9.17, 15) is 0 Å². The Morgan fingerprint density at radius 3 is 2.68 bits per heavy atom. The zero-order chi connectivity index (χ0) is 13.9. The summed E-state index contributed by atoms with van der Waals surface area (Å²) in [6, 6.07) is 4.38. The Labute approximate surface area is 119 Å². The lowest BCUT2D eigenvalue weighted by atomic mass is 10.0. The average Bonchev–Trinajstić information content (AvgIpc) is 2.80. The van der Waals surface area contributed by atoms with Crippen molar-refractivity contribution in [2.75, 3.05) is 6.54 Å². The molecule has 0 saturated heterocycles. The van der Waals surface area contributed by atoms with E-state index >= 15 is 0 Å². The van der Waals surface area contributed by atoms with E-state index in [0.717, 1.165) is 25.6 Å². The largest absolute Gasteiger partial charge is 0.350 e. The van der Waals surface area contributed by atoms with Gasteiger partial charge in [-0.05, 0) is 37.4 Å². The Bertz CT molecular complexity index is 315. The molecule has 0 unspecified atom stereocenters. The Hall–Kier alpha value is -0.760. The second-order valence-electron chi connectivity index (χ2n) is 5.97. The molecule has 19 heavy (non-hydrogen) atoms. The van der Waals surface area contributed by atoms with Gasteiger partial charge in [0.25, 0.3) is 0 Å². The first-order valence-electron chi connectivity index (χ1n) is 8.08. The third-order valence-corrected chi connectivity index (χ3v) is 3.58. The molecule has 0 radical (unpaired) electrons. The molecule has 0 fully saturated rings. The number of aryl methyl sites for hydroxylation is 1. The van der Waals surface area contributed by atoms with Gasteiger partial charge in [0.1, 0.15) is 0 Å². The van der Waals surface area contributed by atoms with Crippen molar-refractivity contribution in [3.05, 3.63) is 24.0 Å². The highest BCUT2D eigenvalue weighted by Crippen LogP contribution is 2.09. The first kappa shape index (κ1) is 16.3. The fourth-order valence-electron chi connectivity index (χ4n) is 2.44. The van der Waals surface area contributed by atoms with Gasteiger partial charge in [0, 0.05) is 25.0 Å². The summed E-state index contributed by atoms with van der Waals surface area (Å²) in [5.74, 6) is 0.865. The topological polar surface area (TPSA) is 17.0 Å². The van der Waals surface area contributed by atoms with Gasteiger partial charge in [-0.15, -0.1) is 0 Å². The number of rotatable bonds is 11. The lowest BCUT2D eigenvalue weighted by Gasteiger charge is -2.09. The molecule has 110 valence electrons. The van der Waals surface area contributed by atoms with E-state index in [1.54, 1.807) is 0 Å². The van der Waals surface area contributed by atoms with Gasteiger partial charge in [-0.2, -0.15) is 0 Å². The summed E-state index contributed by atoms with van der Waals surface area (Å²) in [5, 5.41) is 3.57. The molecule has 0 saturated carbocycles. The Morgan fingerprint density at radius 1 is 1.16 bits per heavy atom. The molecule has 2 nitrogen and oxygen atoms in total. The normalized spacial score (nSPS) is 11.4. The summed E-state index contributed by atoms with van der Waals surface area (Å²) < 4.78 is 2.36. The molecule has 1 aromatic rings. The second kappa shape index (κ2) is 10.1. The number of nitrogens with one attached hydrogen (secondary N) is 1. The Kier molecular flexibility index (Phi) is 8.64. The van der Waals surface area contributed by atoms with Crippen LogP contribution in [0.15, 0.2) is 18.3 Å². The molecular weight excluding hydrogens is 232 g/mol. The van der Waals surface area contributed by atoms with Crippen LogP contribution < -0.4 is 5.32 Å². The van der Waals surface area contributed by atoms with Crippen molar-refractivity contribution in [3.63, 3.8) is 0 Å². The molecule has 0 spiro atoms. The van der Waals surface area contributed by atoms with Crippen LogP contribution >= 0.6 is 0 Å². The van der Waals surface area contributed by atoms with E-state index in [1.165, 1.54) is 44.2 Å². The lowest BCUT2D eigenvalue weighted by Crippen LogP contribution is -2.17. The molecule has 1 rings (SSSR count). The van der Waals surface area contributed by atoms with Crippen LogP contribution in [0.4, 0.5) is 0 Å². The Balaban J connectivity index is 2.00. The number of aromatic nitrogens is 1. The van der Waals surface area contributed by atoms with E-state index < -0.39 is 0 Å². The first-order chi connectivity index (χ1) is 9.24. The van der Waals surface area contributed by atoms with Crippen LogP contribution in [0.25, 0.3) is 0 Å². The quantitative estimate of drug-likeness (QED) is 0.578. The molecule has 0 aromatic carbocycles. The first-order valence-corrected chi connectivity index (χ1v) is 8.08. The van der Waals surface area contributed by atoms with Gasteiger partial charge >= 0.3 is 0 Å². The summed E-state index contributed by atoms with van der Waals surface area (Å²) in [4.78, 5) is 0. The van der Waals surface area contributed by atoms with Crippen molar-refractivity contribution in [3.8, 4) is 0 Å². The van der Waals surface area contributed by atoms with Crippen molar-refractivity contribution in [1.29, 1.82) is 0 Å². The van der Waals surface area contributed by atoms with E-state index in [0.29, 0.717) is 0 Å². The summed E-state index contributed by atoms with van der Waals surface area (Å²) in [5.41, 5.74) is 1.42. The highest BCUT2D eigenvalue weighted by molar-refractivity contribution is 5.06. The van der Waals surface area contributed by atoms with Crippen LogP contribution in [0, 0.1) is 5.92 Å². The van der Waals surface area contributed by atoms with Gasteiger partial charge in [-0.25, -0.2) is 0 Å². The van der Waals surface area contributed by atoms with E-state index in [2.05, 4.69) is 49.0 Å². The maximum absolute atomic E-state index is 3.57. The van der Waals surface area contributed by atoms with Crippen molar-refractivity contribution >= 4 is 0 Å². The smallest absolute Gasteiger partial charge is 0.0359 e. The highest BCUT2D eigenvalue weighted by Gasteiger charge is 1.99. The predicted octanol–water partition coefficient (Wildman–Crippen LogP) is 4.59. The van der Waals surface area contributed by atoms with Crippen LogP contribution in [-0.4, -0.2) is 11.1 Å². The predicted molar refractivity (Wildman–Crippen MR) is 84.4 cm³/mol. The number of hydrogen-bond acceptors (Lipinski definition) is 1. The fourth-order valence-corrected chi connectivity index (χ4v) is 2.44. The molecule has 0 aliphatic heterocycles. The third-order valence-electron chi connectivity index (χ3n) is 3.58. The van der Waals surface area contributed by atoms with Crippen molar-refractivity contribution < 1.29 is 0 Å². The lowest BCUT2D eigenvalue weighted by molar-refractivity contribution is 0.509. The standard InChI is InChI=1S/C17H32N2/c1-4-13-19-14-9-11-17(19)15-18-12-8-6-5-7-10-16(2)3/h9,11,14,16,18H,4-8,10,12-13,15H2,1-3H3. The van der Waals surface area contributed by atoms with Crippen LogP contribution in [-0.2, 0) is 13.1 Å². The van der Waals surface area contributed by atoms with E-state index in [4.69, 9.17) is 0 Å². The zero-order valence-electron chi connectivity index (χ0n) is 13.1. The number of hydrogen-bond donors (Lipinski definition) is 1. The minimum atomic E-state index is 0.865. The van der Waals surface area contributed by atoms with Gasteiger partial charge < -0.3 is 9.88 Å². The Morgan fingerprint density at radius 2 is 1.95 bits per heavy atom. The van der Waals surface area contributed by atoms with Gasteiger partial charge in [-0.1, -0.05) is 46.5 Å². The van der Waals surface area contributed by atoms with Gasteiger partial charge in [0.05, 0.1) is 0 Å². The fraction of sp³-hybridized carbons (Fsp3) is 0.765. The minimum Gasteiger partial charge on any atom is -0.350 e. The minimum absolute atomic E-state index is 0.865. The van der Waals surface area contributed by atoms with Crippen LogP contribution in [0.1, 0.15) is 65.0 Å². The number of unbranched alkanes of at least 4 members (excludes halogenated alkanes) is 3. The van der Waals surface area contributed by atoms with E-state index in [-0.39, 0.29) is 0 Å². The third kappa shape index (κ3) is 7.41. The molecule has 0 aliphatic rings. The molecule has 1 heterocycles. The van der Waals surface area contributed by atoms with Crippen LogP contribution in [0.5, 0.6) is 0 Å². The summed E-state index contributed by atoms with van der Waals surface area (Å²) in [7, 11) is 0. The maximum Gasteiger partial charge on any atom is 0.0359 e. The van der Waals surface area contributed by atoms with Gasteiger partial charge in [0.2, 0.25) is 0 Å². The van der Waals surface area contributed by atoms with Crippen LogP contribution in [0.2, 0.25) is 0 Å². The van der Waals surface area contributed by atoms with Crippen molar-refractivity contribution in [2.45, 2.75) is 72.4 Å². The molecular formula is C17H32N2. The summed E-state index contributed by atoms with van der Waals surface area (Å²) in [6.07, 6.45) is 10.3. The van der Waals surface area contributed by atoms with Gasteiger partial charge in [0.15, 0.2) is 0 Å². The van der Waals surface area contributed by atoms with E-state index in [1.807, 2.05) is 0 Å². The molecule has 0 atom stereocenters. The van der Waals surface area contributed by atoms with Crippen molar-refractivity contribution in [1.82, 2.24) is 9.88 Å². The molecule has 1 aromatic heterocycles. The number of nitrogens with zero attached hydrogens (tertiary/aromatic N) is 1. The van der Waals surface area contributed by atoms with Crippen molar-refractivity contribution in [2.24, 2.45) is 5.92 Å². The van der Waals surface area contributed by atoms with Gasteiger partial charge in [-0.3, -0.25) is 0 Å². The second-order valence-corrected chi connectivity index (χ2v) is 5.97. The molecule has 0 bridgehead atoms. The summed E-state index contributed by atoms with van der Waals surface area (Å²) >= 11 is 0. The molecule has 1 N–H and O–H groups in total. The SMILES string of the molecule is CCCn1cccc1CNCCCCCCC(C)C.